The third-order valence-electron chi connectivity index (χ3n) is 4.70. The Labute approximate surface area is 126 Å². The first-order chi connectivity index (χ1) is 9.81. The normalized spacial score (nSPS) is 24.0. The first kappa shape index (κ1) is 16.4. The van der Waals surface area contributed by atoms with Crippen molar-refractivity contribution < 1.29 is 8.78 Å². The number of halogens is 2. The van der Waals surface area contributed by atoms with Crippen molar-refractivity contribution in [1.29, 1.82) is 0 Å². The van der Waals surface area contributed by atoms with Crippen molar-refractivity contribution in [2.45, 2.75) is 52.2 Å². The van der Waals surface area contributed by atoms with E-state index in [0.29, 0.717) is 24.1 Å². The monoisotopic (exact) mass is 296 g/mol. The van der Waals surface area contributed by atoms with Crippen LogP contribution < -0.4 is 5.32 Å². The van der Waals surface area contributed by atoms with Gasteiger partial charge in [0.15, 0.2) is 0 Å². The van der Waals surface area contributed by atoms with Crippen LogP contribution in [0.25, 0.3) is 0 Å². The molecule has 21 heavy (non-hydrogen) atoms. The molecule has 1 aliphatic rings. The summed E-state index contributed by atoms with van der Waals surface area (Å²) in [5, 5.41) is 3.61. The Kier molecular flexibility index (Phi) is 4.99. The van der Waals surface area contributed by atoms with Crippen LogP contribution in [0.5, 0.6) is 0 Å². The van der Waals surface area contributed by atoms with Gasteiger partial charge in [0.2, 0.25) is 0 Å². The van der Waals surface area contributed by atoms with Crippen molar-refractivity contribution in [3.63, 3.8) is 0 Å². The van der Waals surface area contributed by atoms with Gasteiger partial charge in [-0.1, -0.05) is 20.3 Å². The Hall–Kier alpha value is -1.00. The molecule has 1 fully saturated rings. The van der Waals surface area contributed by atoms with Gasteiger partial charge < -0.3 is 5.32 Å². The van der Waals surface area contributed by atoms with E-state index in [2.05, 4.69) is 37.9 Å². The van der Waals surface area contributed by atoms with Crippen LogP contribution in [0.15, 0.2) is 18.2 Å². The van der Waals surface area contributed by atoms with Crippen LogP contribution in [0, 0.1) is 17.6 Å². The van der Waals surface area contributed by atoms with Gasteiger partial charge in [0.25, 0.3) is 0 Å². The average molecular weight is 296 g/mol. The van der Waals surface area contributed by atoms with E-state index in [-0.39, 0.29) is 5.54 Å². The predicted molar refractivity (Wildman–Crippen MR) is 82.1 cm³/mol. The minimum absolute atomic E-state index is 0.0211. The van der Waals surface area contributed by atoms with Crippen LogP contribution in [0.1, 0.15) is 39.7 Å². The fourth-order valence-electron chi connectivity index (χ4n) is 2.91. The second kappa shape index (κ2) is 6.41. The summed E-state index contributed by atoms with van der Waals surface area (Å²) in [6.07, 6.45) is 1.13. The Morgan fingerprint density at radius 1 is 1.29 bits per heavy atom. The molecule has 1 aromatic rings. The molecular formula is C17H26F2N2. The zero-order valence-electron chi connectivity index (χ0n) is 13.4. The molecule has 1 saturated heterocycles. The van der Waals surface area contributed by atoms with Gasteiger partial charge in [-0.05, 0) is 37.5 Å². The molecule has 0 saturated carbocycles. The van der Waals surface area contributed by atoms with Gasteiger partial charge in [0, 0.05) is 37.3 Å². The van der Waals surface area contributed by atoms with E-state index in [0.717, 1.165) is 25.6 Å². The van der Waals surface area contributed by atoms with Crippen LogP contribution in [-0.4, -0.2) is 29.6 Å². The van der Waals surface area contributed by atoms with Crippen LogP contribution >= 0.6 is 0 Å². The van der Waals surface area contributed by atoms with Crippen molar-refractivity contribution in [2.75, 3.05) is 13.1 Å². The summed E-state index contributed by atoms with van der Waals surface area (Å²) < 4.78 is 26.7. The van der Waals surface area contributed by atoms with Crippen molar-refractivity contribution >= 4 is 0 Å². The quantitative estimate of drug-likeness (QED) is 0.914. The Bertz CT molecular complexity index is 467. The zero-order chi connectivity index (χ0) is 15.6. The Morgan fingerprint density at radius 2 is 1.90 bits per heavy atom. The summed E-state index contributed by atoms with van der Waals surface area (Å²) in [6, 6.07) is 4.22. The predicted octanol–water partition coefficient (Wildman–Crippen LogP) is 3.56. The minimum Gasteiger partial charge on any atom is -0.311 e. The lowest BCUT2D eigenvalue weighted by atomic mass is 9.90. The summed E-state index contributed by atoms with van der Waals surface area (Å²) in [5.41, 5.74) is 0.678. The number of piperazine rings is 1. The molecule has 0 radical (unpaired) electrons. The van der Waals surface area contributed by atoms with Crippen molar-refractivity contribution in [2.24, 2.45) is 5.92 Å². The molecule has 0 bridgehead atoms. The highest BCUT2D eigenvalue weighted by molar-refractivity contribution is 5.18. The summed E-state index contributed by atoms with van der Waals surface area (Å²) in [7, 11) is 0. The fourth-order valence-corrected chi connectivity index (χ4v) is 2.91. The van der Waals surface area contributed by atoms with Crippen LogP contribution in [0.2, 0.25) is 0 Å². The number of hydrogen-bond donors (Lipinski definition) is 1. The lowest BCUT2D eigenvalue weighted by molar-refractivity contribution is 0.0447. The Morgan fingerprint density at radius 3 is 2.48 bits per heavy atom. The average Bonchev–Trinajstić information content (AvgIpc) is 2.39. The van der Waals surface area contributed by atoms with Gasteiger partial charge in [0.1, 0.15) is 11.6 Å². The number of benzene rings is 1. The van der Waals surface area contributed by atoms with Crippen LogP contribution in [0.3, 0.4) is 0 Å². The largest absolute Gasteiger partial charge is 0.311 e. The molecule has 1 N–H and O–H groups in total. The molecule has 0 aliphatic carbocycles. The molecule has 2 nitrogen and oxygen atoms in total. The summed E-state index contributed by atoms with van der Waals surface area (Å²) in [6.45, 7) is 11.1. The van der Waals surface area contributed by atoms with Crippen LogP contribution in [-0.2, 0) is 6.54 Å². The highest BCUT2D eigenvalue weighted by Crippen LogP contribution is 2.25. The van der Waals surface area contributed by atoms with Gasteiger partial charge in [0.05, 0.1) is 0 Å². The molecule has 0 aromatic heterocycles. The third-order valence-corrected chi connectivity index (χ3v) is 4.70. The van der Waals surface area contributed by atoms with E-state index >= 15 is 0 Å². The first-order valence-electron chi connectivity index (χ1n) is 7.75. The molecule has 0 amide bonds. The first-order valence-corrected chi connectivity index (χ1v) is 7.75. The van der Waals surface area contributed by atoms with Crippen molar-refractivity contribution in [3.8, 4) is 0 Å². The molecule has 1 aliphatic heterocycles. The molecule has 118 valence electrons. The van der Waals surface area contributed by atoms with Gasteiger partial charge >= 0.3 is 0 Å². The van der Waals surface area contributed by atoms with E-state index in [9.17, 15) is 8.78 Å². The van der Waals surface area contributed by atoms with E-state index in [1.165, 1.54) is 12.1 Å². The lowest BCUT2D eigenvalue weighted by Crippen LogP contribution is -2.62. The fraction of sp³-hybridized carbons (Fsp3) is 0.647. The van der Waals surface area contributed by atoms with E-state index in [1.807, 2.05) is 0 Å². The highest BCUT2D eigenvalue weighted by Gasteiger charge is 2.35. The second-order valence-electron chi connectivity index (χ2n) is 6.84. The molecule has 4 heteroatoms. The van der Waals surface area contributed by atoms with Gasteiger partial charge in [-0.3, -0.25) is 4.90 Å². The maximum absolute atomic E-state index is 13.4. The number of nitrogens with zero attached hydrogens (tertiary/aromatic N) is 1. The van der Waals surface area contributed by atoms with Crippen LogP contribution in [0.4, 0.5) is 8.78 Å². The molecule has 2 unspecified atom stereocenters. The minimum atomic E-state index is -0.503. The van der Waals surface area contributed by atoms with Crippen molar-refractivity contribution in [3.05, 3.63) is 35.4 Å². The molecule has 0 spiro atoms. The molecule has 2 rings (SSSR count). The summed E-state index contributed by atoms with van der Waals surface area (Å²) in [4.78, 5) is 2.33. The third kappa shape index (κ3) is 4.01. The smallest absolute Gasteiger partial charge is 0.126 e. The Balaban J connectivity index is 2.14. The zero-order valence-corrected chi connectivity index (χ0v) is 13.4. The topological polar surface area (TPSA) is 15.3 Å². The van der Waals surface area contributed by atoms with Gasteiger partial charge in [-0.2, -0.15) is 0 Å². The maximum Gasteiger partial charge on any atom is 0.126 e. The highest BCUT2D eigenvalue weighted by atomic mass is 19.1. The molecule has 2 atom stereocenters. The number of nitrogens with one attached hydrogen (secondary N) is 1. The van der Waals surface area contributed by atoms with E-state index in [4.69, 9.17) is 0 Å². The maximum atomic E-state index is 13.4. The second-order valence-corrected chi connectivity index (χ2v) is 6.84. The number of rotatable bonds is 4. The van der Waals surface area contributed by atoms with Gasteiger partial charge in [-0.25, -0.2) is 8.78 Å². The SMILES string of the molecule is CCC(C)C1CN(Cc2cc(F)cc(F)c2)C(C)(C)CN1. The van der Waals surface area contributed by atoms with E-state index < -0.39 is 11.6 Å². The van der Waals surface area contributed by atoms with Crippen molar-refractivity contribution in [1.82, 2.24) is 10.2 Å². The number of hydrogen-bond acceptors (Lipinski definition) is 2. The summed E-state index contributed by atoms with van der Waals surface area (Å²) in [5.74, 6) is -0.416. The summed E-state index contributed by atoms with van der Waals surface area (Å²) >= 11 is 0. The molecule has 1 heterocycles. The molecule has 1 aromatic carbocycles. The molecular weight excluding hydrogens is 270 g/mol. The lowest BCUT2D eigenvalue weighted by Gasteiger charge is -2.47. The standard InChI is InChI=1S/C17H26F2N2/c1-5-12(2)16-10-21(17(3,4)11-20-16)9-13-6-14(18)8-15(19)7-13/h6-8,12,16,20H,5,9-11H2,1-4H3. The van der Waals surface area contributed by atoms with E-state index in [1.54, 1.807) is 0 Å². The van der Waals surface area contributed by atoms with Gasteiger partial charge in [-0.15, -0.1) is 0 Å².